The summed E-state index contributed by atoms with van der Waals surface area (Å²) in [5, 5.41) is 1.22. The molecular weight excluding hydrogens is 384 g/mol. The Labute approximate surface area is 184 Å². The number of aryl methyl sites for hydroxylation is 1. The zero-order valence-electron chi connectivity index (χ0n) is 18.2. The average Bonchev–Trinajstić information content (AvgIpc) is 3.35. The van der Waals surface area contributed by atoms with Crippen LogP contribution in [0.4, 0.5) is 0 Å². The first-order valence-corrected chi connectivity index (χ1v) is 11.5. The first kappa shape index (κ1) is 20.2. The fourth-order valence-electron chi connectivity index (χ4n) is 5.06. The van der Waals surface area contributed by atoms with E-state index in [9.17, 15) is 4.79 Å². The van der Waals surface area contributed by atoms with Crippen molar-refractivity contribution in [2.24, 2.45) is 5.92 Å². The molecule has 2 aromatic carbocycles. The second-order valence-electron chi connectivity index (χ2n) is 8.99. The molecule has 1 aromatic heterocycles. The smallest absolute Gasteiger partial charge is 0.251 e. The number of amides is 1. The lowest BCUT2D eigenvalue weighted by Crippen LogP contribution is -2.44. The zero-order chi connectivity index (χ0) is 21.2. The van der Waals surface area contributed by atoms with Gasteiger partial charge in [-0.25, -0.2) is 0 Å². The first-order chi connectivity index (χ1) is 15.2. The number of benzene rings is 2. The normalized spacial score (nSPS) is 19.8. The fourth-order valence-corrected chi connectivity index (χ4v) is 5.06. The predicted octanol–water partition coefficient (Wildman–Crippen LogP) is 5.17. The van der Waals surface area contributed by atoms with E-state index in [-0.39, 0.29) is 12.0 Å². The van der Waals surface area contributed by atoms with Crippen molar-refractivity contribution in [3.05, 3.63) is 65.9 Å². The minimum Gasteiger partial charge on any atom is -0.368 e. The van der Waals surface area contributed by atoms with Crippen molar-refractivity contribution in [1.82, 2.24) is 9.88 Å². The molecule has 5 rings (SSSR count). The van der Waals surface area contributed by atoms with Crippen LogP contribution in [0.3, 0.4) is 0 Å². The molecule has 3 heterocycles. The van der Waals surface area contributed by atoms with Crippen molar-refractivity contribution in [3.63, 3.8) is 0 Å². The summed E-state index contributed by atoms with van der Waals surface area (Å²) in [7, 11) is 0. The highest BCUT2D eigenvalue weighted by molar-refractivity contribution is 5.88. The van der Waals surface area contributed by atoms with Crippen LogP contribution in [0.25, 0.3) is 22.0 Å². The Kier molecular flexibility index (Phi) is 5.73. The van der Waals surface area contributed by atoms with Gasteiger partial charge in [0.25, 0.3) is 5.91 Å². The third-order valence-electron chi connectivity index (χ3n) is 6.97. The summed E-state index contributed by atoms with van der Waals surface area (Å²) in [6.07, 6.45) is 6.94. The summed E-state index contributed by atoms with van der Waals surface area (Å²) >= 11 is 0. The number of piperidine rings is 1. The van der Waals surface area contributed by atoms with E-state index in [1.54, 1.807) is 0 Å². The minimum absolute atomic E-state index is 0.183. The van der Waals surface area contributed by atoms with Gasteiger partial charge in [-0.2, -0.15) is 0 Å². The molecule has 2 fully saturated rings. The maximum Gasteiger partial charge on any atom is 0.251 e. The highest BCUT2D eigenvalue weighted by Gasteiger charge is 2.30. The highest BCUT2D eigenvalue weighted by atomic mass is 16.5. The summed E-state index contributed by atoms with van der Waals surface area (Å²) in [4.78, 5) is 19.2. The molecule has 2 aliphatic heterocycles. The Bertz CT molecular complexity index is 1060. The first-order valence-electron chi connectivity index (χ1n) is 11.5. The number of ether oxygens (including phenoxy) is 1. The van der Waals surface area contributed by atoms with E-state index in [0.717, 1.165) is 57.3 Å². The lowest BCUT2D eigenvalue weighted by Gasteiger charge is -2.33. The fraction of sp³-hybridized carbons (Fsp3) is 0.407. The van der Waals surface area contributed by atoms with Crippen molar-refractivity contribution in [2.75, 3.05) is 19.7 Å². The van der Waals surface area contributed by atoms with Crippen LogP contribution in [0, 0.1) is 12.8 Å². The molecule has 0 saturated carbocycles. The zero-order valence-corrected chi connectivity index (χ0v) is 18.2. The molecule has 1 amide bonds. The van der Waals surface area contributed by atoms with E-state index >= 15 is 0 Å². The molecule has 1 unspecified atom stereocenters. The number of rotatable bonds is 4. The number of nitrogens with zero attached hydrogens (tertiary/aromatic N) is 2. The maximum atomic E-state index is 12.5. The van der Waals surface area contributed by atoms with E-state index < -0.39 is 0 Å². The van der Waals surface area contributed by atoms with Crippen LogP contribution in [0.15, 0.2) is 54.7 Å². The SMILES string of the molecule is Cc1c(-c2ccc(CC3CCN(C(=O)C4CCCO4)CC3)cc2)cnc2ccccc12. The van der Waals surface area contributed by atoms with Gasteiger partial charge in [-0.15, -0.1) is 0 Å². The van der Waals surface area contributed by atoms with Gasteiger partial charge in [0.05, 0.1) is 5.52 Å². The van der Waals surface area contributed by atoms with Gasteiger partial charge in [0.1, 0.15) is 6.10 Å². The summed E-state index contributed by atoms with van der Waals surface area (Å²) in [5.74, 6) is 0.850. The number of aromatic nitrogens is 1. The Hall–Kier alpha value is -2.72. The molecule has 2 aliphatic rings. The van der Waals surface area contributed by atoms with Gasteiger partial charge in [-0.1, -0.05) is 42.5 Å². The van der Waals surface area contributed by atoms with Crippen molar-refractivity contribution in [2.45, 2.75) is 45.1 Å². The van der Waals surface area contributed by atoms with Crippen molar-refractivity contribution in [1.29, 1.82) is 0 Å². The standard InChI is InChI=1S/C27H30N2O2/c1-19-23-5-2-3-6-25(23)28-18-24(19)22-10-8-20(9-11-22)17-21-12-14-29(15-13-21)27(30)26-7-4-16-31-26/h2-3,5-6,8-11,18,21,26H,4,7,12-17H2,1H3. The predicted molar refractivity (Wildman–Crippen MR) is 124 cm³/mol. The highest BCUT2D eigenvalue weighted by Crippen LogP contribution is 2.29. The molecule has 4 heteroatoms. The molecule has 31 heavy (non-hydrogen) atoms. The number of hydrogen-bond acceptors (Lipinski definition) is 3. The van der Waals surface area contributed by atoms with Gasteiger partial charge in [-0.3, -0.25) is 9.78 Å². The van der Waals surface area contributed by atoms with Gasteiger partial charge in [0, 0.05) is 36.8 Å². The number of pyridine rings is 1. The molecule has 0 radical (unpaired) electrons. The van der Waals surface area contributed by atoms with Gasteiger partial charge in [0.15, 0.2) is 0 Å². The van der Waals surface area contributed by atoms with Gasteiger partial charge < -0.3 is 9.64 Å². The van der Waals surface area contributed by atoms with E-state index in [1.165, 1.54) is 27.6 Å². The quantitative estimate of drug-likeness (QED) is 0.591. The number of fused-ring (bicyclic) bond motifs is 1. The van der Waals surface area contributed by atoms with Gasteiger partial charge >= 0.3 is 0 Å². The van der Waals surface area contributed by atoms with Crippen molar-refractivity contribution < 1.29 is 9.53 Å². The Morgan fingerprint density at radius 2 is 1.84 bits per heavy atom. The third-order valence-corrected chi connectivity index (χ3v) is 6.97. The van der Waals surface area contributed by atoms with Crippen LogP contribution in [0.2, 0.25) is 0 Å². The van der Waals surface area contributed by atoms with Crippen LogP contribution in [-0.2, 0) is 16.0 Å². The van der Waals surface area contributed by atoms with Gasteiger partial charge in [-0.05, 0) is 67.7 Å². The van der Waals surface area contributed by atoms with Crippen LogP contribution < -0.4 is 0 Å². The molecule has 3 aromatic rings. The Morgan fingerprint density at radius 1 is 1.06 bits per heavy atom. The topological polar surface area (TPSA) is 42.4 Å². The third kappa shape index (κ3) is 4.22. The van der Waals surface area contributed by atoms with E-state index in [4.69, 9.17) is 4.74 Å². The van der Waals surface area contributed by atoms with Crippen LogP contribution in [0.1, 0.15) is 36.8 Å². The molecule has 0 aliphatic carbocycles. The van der Waals surface area contributed by atoms with E-state index in [2.05, 4.69) is 54.4 Å². The number of likely N-dealkylation sites (tertiary alicyclic amines) is 1. The second kappa shape index (κ2) is 8.80. The van der Waals surface area contributed by atoms with Crippen molar-refractivity contribution in [3.8, 4) is 11.1 Å². The summed E-state index contributed by atoms with van der Waals surface area (Å²) in [5.41, 5.74) is 6.12. The number of para-hydroxylation sites is 1. The number of carbonyl (C=O) groups is 1. The van der Waals surface area contributed by atoms with Crippen LogP contribution >= 0.6 is 0 Å². The molecule has 0 spiro atoms. The number of carbonyl (C=O) groups excluding carboxylic acids is 1. The molecule has 0 bridgehead atoms. The van der Waals surface area contributed by atoms with Crippen LogP contribution in [-0.4, -0.2) is 41.6 Å². The summed E-state index contributed by atoms with van der Waals surface area (Å²) in [6.45, 7) is 4.64. The maximum absolute atomic E-state index is 12.5. The lowest BCUT2D eigenvalue weighted by atomic mass is 9.89. The lowest BCUT2D eigenvalue weighted by molar-refractivity contribution is -0.142. The van der Waals surface area contributed by atoms with E-state index in [0.29, 0.717) is 5.92 Å². The Balaban J connectivity index is 1.21. The molecule has 160 valence electrons. The van der Waals surface area contributed by atoms with Crippen molar-refractivity contribution >= 4 is 16.8 Å². The Morgan fingerprint density at radius 3 is 2.58 bits per heavy atom. The molecule has 4 nitrogen and oxygen atoms in total. The average molecular weight is 415 g/mol. The summed E-state index contributed by atoms with van der Waals surface area (Å²) in [6, 6.07) is 17.3. The second-order valence-corrected chi connectivity index (χ2v) is 8.99. The molecule has 1 atom stereocenters. The van der Waals surface area contributed by atoms with E-state index in [1.807, 2.05) is 17.2 Å². The molecule has 0 N–H and O–H groups in total. The minimum atomic E-state index is -0.183. The molecule has 2 saturated heterocycles. The number of hydrogen-bond donors (Lipinski definition) is 0. The largest absolute Gasteiger partial charge is 0.368 e. The monoisotopic (exact) mass is 414 g/mol. The van der Waals surface area contributed by atoms with Crippen LogP contribution in [0.5, 0.6) is 0 Å². The summed E-state index contributed by atoms with van der Waals surface area (Å²) < 4.78 is 5.57. The van der Waals surface area contributed by atoms with Gasteiger partial charge in [0.2, 0.25) is 0 Å². The molecular formula is C27H30N2O2.